The molecule has 0 unspecified atom stereocenters. The summed E-state index contributed by atoms with van der Waals surface area (Å²) < 4.78 is 13.6. The van der Waals surface area contributed by atoms with Crippen LogP contribution < -0.4 is 5.32 Å². The largest absolute Gasteiger partial charge is 0.462 e. The van der Waals surface area contributed by atoms with Crippen molar-refractivity contribution in [2.24, 2.45) is 5.92 Å². The maximum atomic E-state index is 13.1. The number of aromatic nitrogens is 2. The minimum atomic E-state index is -1.15. The van der Waals surface area contributed by atoms with Crippen molar-refractivity contribution in [1.82, 2.24) is 14.5 Å². The van der Waals surface area contributed by atoms with Gasteiger partial charge >= 0.3 is 5.97 Å². The maximum Gasteiger partial charge on any atom is 0.341 e. The number of nitrogens with zero attached hydrogens (tertiary/aromatic N) is 3. The summed E-state index contributed by atoms with van der Waals surface area (Å²) >= 11 is 0. The first-order chi connectivity index (χ1) is 18.2. The smallest absolute Gasteiger partial charge is 0.341 e. The first kappa shape index (κ1) is 28.3. The summed E-state index contributed by atoms with van der Waals surface area (Å²) in [4.78, 5) is 20.2. The molecule has 3 aromatic rings. The van der Waals surface area contributed by atoms with E-state index in [4.69, 9.17) is 9.47 Å². The van der Waals surface area contributed by atoms with Crippen LogP contribution in [0.1, 0.15) is 42.6 Å². The van der Waals surface area contributed by atoms with Crippen molar-refractivity contribution in [1.29, 1.82) is 0 Å². The molecule has 206 valence electrons. The topological polar surface area (TPSA) is 68.6 Å². The first-order valence-corrected chi connectivity index (χ1v) is 17.7. The molecule has 1 N–H and O–H groups in total. The molecule has 0 aliphatic carbocycles. The fourth-order valence-corrected chi connectivity index (χ4v) is 5.62. The van der Waals surface area contributed by atoms with E-state index in [0.717, 1.165) is 61.8 Å². The SMILES string of the molecule is CCCOC(=O)c1cnc2c(ccn2COCC[Si](C)(C)C)c1N[C@H]1CN(Cc2ccccc2)CC[C@H]1C. The van der Waals surface area contributed by atoms with E-state index in [0.29, 0.717) is 24.8 Å². The molecule has 0 saturated carbocycles. The van der Waals surface area contributed by atoms with Crippen molar-refractivity contribution in [2.75, 3.05) is 31.6 Å². The molecule has 38 heavy (non-hydrogen) atoms. The minimum Gasteiger partial charge on any atom is -0.462 e. The zero-order chi connectivity index (χ0) is 27.1. The number of fused-ring (bicyclic) bond motifs is 1. The number of anilines is 1. The van der Waals surface area contributed by atoms with Gasteiger partial charge in [0.1, 0.15) is 17.9 Å². The van der Waals surface area contributed by atoms with Crippen molar-refractivity contribution in [3.63, 3.8) is 0 Å². The number of hydrogen-bond acceptors (Lipinski definition) is 6. The number of ether oxygens (including phenoxy) is 2. The summed E-state index contributed by atoms with van der Waals surface area (Å²) in [6, 6.07) is 14.0. The molecule has 4 rings (SSSR count). The third-order valence-electron chi connectivity index (χ3n) is 7.29. The highest BCUT2D eigenvalue weighted by Crippen LogP contribution is 2.31. The van der Waals surface area contributed by atoms with E-state index < -0.39 is 8.07 Å². The number of nitrogens with one attached hydrogen (secondary N) is 1. The number of hydrogen-bond donors (Lipinski definition) is 1. The summed E-state index contributed by atoms with van der Waals surface area (Å²) in [7, 11) is -1.15. The van der Waals surface area contributed by atoms with E-state index in [1.165, 1.54) is 5.56 Å². The molecule has 8 heteroatoms. The molecule has 0 radical (unpaired) electrons. The lowest BCUT2D eigenvalue weighted by Crippen LogP contribution is -2.46. The quantitative estimate of drug-likeness (QED) is 0.168. The molecular weight excluding hydrogens is 492 g/mol. The Labute approximate surface area is 228 Å². The van der Waals surface area contributed by atoms with Gasteiger partial charge in [-0.2, -0.15) is 0 Å². The highest BCUT2D eigenvalue weighted by Gasteiger charge is 2.29. The van der Waals surface area contributed by atoms with Gasteiger partial charge in [0, 0.05) is 51.6 Å². The molecule has 0 spiro atoms. The number of carbonyl (C=O) groups is 1. The van der Waals surface area contributed by atoms with Crippen LogP contribution in [0.25, 0.3) is 11.0 Å². The van der Waals surface area contributed by atoms with Gasteiger partial charge in [0.25, 0.3) is 0 Å². The van der Waals surface area contributed by atoms with E-state index in [2.05, 4.69) is 72.1 Å². The Morgan fingerprint density at radius 3 is 2.68 bits per heavy atom. The zero-order valence-corrected chi connectivity index (χ0v) is 24.7. The summed E-state index contributed by atoms with van der Waals surface area (Å²) in [6.45, 7) is 15.8. The van der Waals surface area contributed by atoms with Crippen LogP contribution in [0, 0.1) is 5.92 Å². The van der Waals surface area contributed by atoms with E-state index in [-0.39, 0.29) is 12.0 Å². The molecule has 2 aromatic heterocycles. The molecule has 1 aliphatic rings. The second-order valence-corrected chi connectivity index (χ2v) is 17.4. The molecule has 0 amide bonds. The predicted molar refractivity (Wildman–Crippen MR) is 157 cm³/mol. The lowest BCUT2D eigenvalue weighted by Gasteiger charge is -2.38. The van der Waals surface area contributed by atoms with Crippen LogP contribution in [0.15, 0.2) is 48.8 Å². The third kappa shape index (κ3) is 7.46. The van der Waals surface area contributed by atoms with Crippen LogP contribution >= 0.6 is 0 Å². The molecule has 1 aliphatic heterocycles. The average molecular weight is 537 g/mol. The summed E-state index contributed by atoms with van der Waals surface area (Å²) in [5, 5.41) is 4.71. The van der Waals surface area contributed by atoms with Crippen molar-refractivity contribution in [3.8, 4) is 0 Å². The lowest BCUT2D eigenvalue weighted by atomic mass is 9.92. The van der Waals surface area contributed by atoms with Crippen LogP contribution in [-0.2, 0) is 22.7 Å². The van der Waals surface area contributed by atoms with Crippen LogP contribution in [-0.4, -0.2) is 60.8 Å². The van der Waals surface area contributed by atoms with Gasteiger partial charge < -0.3 is 19.4 Å². The standard InChI is InChI=1S/C30H44N4O3Si/c1-6-16-37-30(35)26-19-31-29-25(13-15-34(29)22-36-17-18-38(3,4)5)28(26)32-27-21-33(14-12-23(27)2)20-24-10-8-7-9-11-24/h7-11,13,15,19,23,27H,6,12,14,16-18,20-22H2,1-5H3,(H,31,32)/t23-,27+/m1/s1. The Hall–Kier alpha value is -2.68. The van der Waals surface area contributed by atoms with Gasteiger partial charge in [-0.15, -0.1) is 0 Å². The summed E-state index contributed by atoms with van der Waals surface area (Å²) in [6.07, 6.45) is 5.55. The molecule has 7 nitrogen and oxygen atoms in total. The van der Waals surface area contributed by atoms with Crippen LogP contribution in [0.4, 0.5) is 5.69 Å². The van der Waals surface area contributed by atoms with Crippen LogP contribution in [0.3, 0.4) is 0 Å². The molecule has 0 bridgehead atoms. The third-order valence-corrected chi connectivity index (χ3v) is 9.00. The average Bonchev–Trinajstić information content (AvgIpc) is 3.31. The van der Waals surface area contributed by atoms with Gasteiger partial charge in [0.15, 0.2) is 0 Å². The van der Waals surface area contributed by atoms with Crippen LogP contribution in [0.2, 0.25) is 25.7 Å². The molecule has 1 aromatic carbocycles. The zero-order valence-electron chi connectivity index (χ0n) is 23.7. The monoisotopic (exact) mass is 536 g/mol. The molecule has 1 fully saturated rings. The Bertz CT molecular complexity index is 1190. The number of piperidine rings is 1. The molecular formula is C30H44N4O3Si. The van der Waals surface area contributed by atoms with Crippen LogP contribution in [0.5, 0.6) is 0 Å². The Balaban J connectivity index is 1.57. The Morgan fingerprint density at radius 2 is 1.95 bits per heavy atom. The van der Waals surface area contributed by atoms with Gasteiger partial charge in [0.2, 0.25) is 0 Å². The second-order valence-electron chi connectivity index (χ2n) is 11.8. The molecule has 2 atom stereocenters. The highest BCUT2D eigenvalue weighted by atomic mass is 28.3. The van der Waals surface area contributed by atoms with Crippen molar-refractivity contribution >= 4 is 30.8 Å². The van der Waals surface area contributed by atoms with Gasteiger partial charge in [-0.05, 0) is 43.0 Å². The predicted octanol–water partition coefficient (Wildman–Crippen LogP) is 6.24. The number of rotatable bonds is 12. The van der Waals surface area contributed by atoms with Gasteiger partial charge in [-0.3, -0.25) is 4.90 Å². The van der Waals surface area contributed by atoms with Gasteiger partial charge in [0.05, 0.1) is 12.3 Å². The summed E-state index contributed by atoms with van der Waals surface area (Å²) in [5.74, 6) is 0.143. The minimum absolute atomic E-state index is 0.201. The number of pyridine rings is 1. The van der Waals surface area contributed by atoms with E-state index >= 15 is 0 Å². The molecule has 3 heterocycles. The Morgan fingerprint density at radius 1 is 1.16 bits per heavy atom. The first-order valence-electron chi connectivity index (χ1n) is 14.0. The fourth-order valence-electron chi connectivity index (χ4n) is 4.86. The number of likely N-dealkylation sites (tertiary alicyclic amines) is 1. The number of carbonyl (C=O) groups excluding carboxylic acids is 1. The second kappa shape index (κ2) is 12.9. The number of benzene rings is 1. The van der Waals surface area contributed by atoms with Crippen molar-refractivity contribution < 1.29 is 14.3 Å². The lowest BCUT2D eigenvalue weighted by molar-refractivity contribution is 0.0505. The molecule has 1 saturated heterocycles. The van der Waals surface area contributed by atoms with E-state index in [1.54, 1.807) is 6.20 Å². The normalized spacial score (nSPS) is 18.6. The van der Waals surface area contributed by atoms with E-state index in [1.807, 2.05) is 23.8 Å². The Kier molecular flexibility index (Phi) is 9.63. The van der Waals surface area contributed by atoms with Crippen molar-refractivity contribution in [2.45, 2.75) is 71.7 Å². The summed E-state index contributed by atoms with van der Waals surface area (Å²) in [5.41, 5.74) is 3.45. The highest BCUT2D eigenvalue weighted by molar-refractivity contribution is 6.76. The fraction of sp³-hybridized carbons (Fsp3) is 0.533. The van der Waals surface area contributed by atoms with Gasteiger partial charge in [-0.25, -0.2) is 9.78 Å². The van der Waals surface area contributed by atoms with Crippen molar-refractivity contribution in [3.05, 3.63) is 59.9 Å². The van der Waals surface area contributed by atoms with E-state index in [9.17, 15) is 4.79 Å². The van der Waals surface area contributed by atoms with Gasteiger partial charge in [-0.1, -0.05) is 63.8 Å². The number of esters is 1. The maximum absolute atomic E-state index is 13.1.